The van der Waals surface area contributed by atoms with Crippen molar-refractivity contribution in [3.05, 3.63) is 0 Å². The Hall–Kier alpha value is -1.59. The van der Waals surface area contributed by atoms with Crippen LogP contribution in [0.2, 0.25) is 0 Å². The van der Waals surface area contributed by atoms with Crippen molar-refractivity contribution in [3.63, 3.8) is 0 Å². The summed E-state index contributed by atoms with van der Waals surface area (Å²) in [6.07, 6.45) is 4.47. The molecule has 0 aromatic rings. The topological polar surface area (TPSA) is 78.5 Å². The Balaban J connectivity index is 2.64. The molecule has 95 valence electrons. The molecule has 1 rings (SSSR count). The molecule has 4 amide bonds. The van der Waals surface area contributed by atoms with Crippen LogP contribution in [0.5, 0.6) is 0 Å². The summed E-state index contributed by atoms with van der Waals surface area (Å²) in [5, 5.41) is 5.00. The average molecular weight is 240 g/mol. The lowest BCUT2D eigenvalue weighted by Gasteiger charge is -2.22. The molecule has 1 radical (unpaired) electrons. The van der Waals surface area contributed by atoms with Crippen LogP contribution in [0.25, 0.3) is 0 Å². The van der Waals surface area contributed by atoms with Crippen molar-refractivity contribution >= 4 is 18.3 Å². The van der Waals surface area contributed by atoms with Crippen molar-refractivity contribution in [2.24, 2.45) is 0 Å². The summed E-state index contributed by atoms with van der Waals surface area (Å²) < 4.78 is 0. The van der Waals surface area contributed by atoms with Crippen LogP contribution in [0.1, 0.15) is 32.6 Å². The summed E-state index contributed by atoms with van der Waals surface area (Å²) in [4.78, 5) is 35.2. The second kappa shape index (κ2) is 6.88. The second-order valence-electron chi connectivity index (χ2n) is 4.02. The fourth-order valence-electron chi connectivity index (χ4n) is 1.77. The SMILES string of the molecule is CCCNC(=O)N1CCCC[C@H](N[C]=O)C1=O. The highest BCUT2D eigenvalue weighted by molar-refractivity contribution is 5.97. The number of carbonyl (C=O) groups is 2. The van der Waals surface area contributed by atoms with Crippen LogP contribution in [0.3, 0.4) is 0 Å². The van der Waals surface area contributed by atoms with Crippen LogP contribution >= 0.6 is 0 Å². The molecule has 2 N–H and O–H groups in total. The summed E-state index contributed by atoms with van der Waals surface area (Å²) in [5.41, 5.74) is 0. The molecule has 1 heterocycles. The van der Waals surface area contributed by atoms with E-state index in [4.69, 9.17) is 0 Å². The van der Waals surface area contributed by atoms with Gasteiger partial charge in [-0.1, -0.05) is 6.92 Å². The van der Waals surface area contributed by atoms with Gasteiger partial charge in [-0.25, -0.2) is 4.79 Å². The smallest absolute Gasteiger partial charge is 0.324 e. The van der Waals surface area contributed by atoms with E-state index in [0.717, 1.165) is 19.3 Å². The first-order valence-corrected chi connectivity index (χ1v) is 5.92. The van der Waals surface area contributed by atoms with Gasteiger partial charge in [0.1, 0.15) is 6.04 Å². The number of likely N-dealkylation sites (tertiary alicyclic amines) is 1. The van der Waals surface area contributed by atoms with E-state index in [-0.39, 0.29) is 11.9 Å². The predicted octanol–water partition coefficient (Wildman–Crippen LogP) is 0.144. The molecule has 1 fully saturated rings. The predicted molar refractivity (Wildman–Crippen MR) is 61.9 cm³/mol. The molecule has 1 aliphatic heterocycles. The zero-order chi connectivity index (χ0) is 12.7. The Kier molecular flexibility index (Phi) is 5.45. The Labute approximate surface area is 101 Å². The Bertz CT molecular complexity index is 294. The van der Waals surface area contributed by atoms with Crippen LogP contribution in [-0.4, -0.2) is 42.4 Å². The molecule has 0 bridgehead atoms. The van der Waals surface area contributed by atoms with Gasteiger partial charge >= 0.3 is 12.4 Å². The van der Waals surface area contributed by atoms with Crippen molar-refractivity contribution < 1.29 is 14.4 Å². The maximum atomic E-state index is 12.0. The molecule has 0 aromatic heterocycles. The summed E-state index contributed by atoms with van der Waals surface area (Å²) in [5.74, 6) is -0.348. The van der Waals surface area contributed by atoms with Crippen molar-refractivity contribution in [2.45, 2.75) is 38.6 Å². The van der Waals surface area contributed by atoms with Crippen molar-refractivity contribution in [1.82, 2.24) is 15.5 Å². The van der Waals surface area contributed by atoms with Gasteiger partial charge in [0.25, 0.3) is 5.91 Å². The minimum absolute atomic E-state index is 0.348. The first-order valence-electron chi connectivity index (χ1n) is 5.92. The minimum atomic E-state index is -0.623. The van der Waals surface area contributed by atoms with Gasteiger partial charge in [-0.2, -0.15) is 0 Å². The summed E-state index contributed by atoms with van der Waals surface area (Å²) in [6.45, 7) is 2.89. The van der Waals surface area contributed by atoms with E-state index >= 15 is 0 Å². The highest BCUT2D eigenvalue weighted by atomic mass is 16.2. The maximum Gasteiger partial charge on any atom is 0.324 e. The van der Waals surface area contributed by atoms with E-state index in [0.29, 0.717) is 19.5 Å². The van der Waals surface area contributed by atoms with Crippen molar-refractivity contribution in [1.29, 1.82) is 0 Å². The Morgan fingerprint density at radius 3 is 2.94 bits per heavy atom. The van der Waals surface area contributed by atoms with Gasteiger partial charge in [0.15, 0.2) is 0 Å². The molecule has 6 heteroatoms. The second-order valence-corrected chi connectivity index (χ2v) is 4.02. The van der Waals surface area contributed by atoms with Crippen LogP contribution in [0.15, 0.2) is 0 Å². The number of hydrogen-bond donors (Lipinski definition) is 2. The fourth-order valence-corrected chi connectivity index (χ4v) is 1.77. The molecular weight excluding hydrogens is 222 g/mol. The number of imide groups is 1. The van der Waals surface area contributed by atoms with Gasteiger partial charge in [-0.15, -0.1) is 0 Å². The standard InChI is InChI=1S/C11H18N3O3/c1-2-6-12-11(17)14-7-4-3-5-9(10(14)16)13-8-15/h9H,2-7H2,1H3,(H,12,17)(H,13,15)/t9-/m0/s1. The Morgan fingerprint density at radius 1 is 1.53 bits per heavy atom. The minimum Gasteiger partial charge on any atom is -0.338 e. The van der Waals surface area contributed by atoms with Crippen LogP contribution < -0.4 is 10.6 Å². The van der Waals surface area contributed by atoms with Gasteiger partial charge in [0.05, 0.1) is 0 Å². The molecule has 0 saturated carbocycles. The molecule has 17 heavy (non-hydrogen) atoms. The first-order chi connectivity index (χ1) is 8.20. The van der Waals surface area contributed by atoms with Crippen LogP contribution in [0, 0.1) is 0 Å². The quantitative estimate of drug-likeness (QED) is 0.686. The highest BCUT2D eigenvalue weighted by Gasteiger charge is 2.30. The van der Waals surface area contributed by atoms with Crippen LogP contribution in [-0.2, 0) is 9.59 Å². The molecule has 1 saturated heterocycles. The van der Waals surface area contributed by atoms with E-state index in [2.05, 4.69) is 10.6 Å². The normalized spacial score (nSPS) is 20.6. The van der Waals surface area contributed by atoms with E-state index < -0.39 is 6.04 Å². The number of nitrogens with zero attached hydrogens (tertiary/aromatic N) is 1. The van der Waals surface area contributed by atoms with E-state index in [1.165, 1.54) is 11.3 Å². The number of urea groups is 1. The molecule has 0 spiro atoms. The van der Waals surface area contributed by atoms with Crippen molar-refractivity contribution in [3.8, 4) is 0 Å². The highest BCUT2D eigenvalue weighted by Crippen LogP contribution is 2.12. The number of rotatable bonds is 4. The molecule has 0 unspecified atom stereocenters. The van der Waals surface area contributed by atoms with Gasteiger partial charge in [-0.3, -0.25) is 14.5 Å². The fraction of sp³-hybridized carbons (Fsp3) is 0.727. The lowest BCUT2D eigenvalue weighted by Crippen LogP contribution is -2.50. The average Bonchev–Trinajstić information content (AvgIpc) is 2.50. The third-order valence-corrected chi connectivity index (χ3v) is 2.69. The number of amides is 4. The Morgan fingerprint density at radius 2 is 2.29 bits per heavy atom. The summed E-state index contributed by atoms with van der Waals surface area (Å²) in [6, 6.07) is -1.00. The monoisotopic (exact) mass is 240 g/mol. The zero-order valence-electron chi connectivity index (χ0n) is 9.99. The number of carbonyl (C=O) groups excluding carboxylic acids is 3. The zero-order valence-corrected chi connectivity index (χ0v) is 9.99. The van der Waals surface area contributed by atoms with E-state index in [9.17, 15) is 14.4 Å². The summed E-state index contributed by atoms with van der Waals surface area (Å²) >= 11 is 0. The third kappa shape index (κ3) is 3.72. The third-order valence-electron chi connectivity index (χ3n) is 2.69. The molecule has 1 aliphatic rings. The molecular formula is C11H18N3O3. The molecule has 6 nitrogen and oxygen atoms in total. The van der Waals surface area contributed by atoms with Gasteiger partial charge in [0, 0.05) is 13.1 Å². The van der Waals surface area contributed by atoms with E-state index in [1.807, 2.05) is 6.92 Å². The molecule has 0 aliphatic carbocycles. The van der Waals surface area contributed by atoms with Crippen molar-refractivity contribution in [2.75, 3.05) is 13.1 Å². The maximum absolute atomic E-state index is 12.0. The van der Waals surface area contributed by atoms with Gasteiger partial charge in [0.2, 0.25) is 0 Å². The van der Waals surface area contributed by atoms with Gasteiger partial charge < -0.3 is 10.6 Å². The number of nitrogens with one attached hydrogen (secondary N) is 2. The lowest BCUT2D eigenvalue weighted by molar-refractivity contribution is -0.129. The molecule has 0 aromatic carbocycles. The largest absolute Gasteiger partial charge is 0.338 e. The first kappa shape index (κ1) is 13.5. The lowest BCUT2D eigenvalue weighted by atomic mass is 10.1. The number of hydrogen-bond acceptors (Lipinski definition) is 3. The molecule has 1 atom stereocenters. The van der Waals surface area contributed by atoms with E-state index in [1.54, 1.807) is 0 Å². The summed E-state index contributed by atoms with van der Waals surface area (Å²) in [7, 11) is 0. The van der Waals surface area contributed by atoms with Gasteiger partial charge in [-0.05, 0) is 25.7 Å². The van der Waals surface area contributed by atoms with Crippen LogP contribution in [0.4, 0.5) is 4.79 Å².